The van der Waals surface area contributed by atoms with E-state index in [9.17, 15) is 0 Å². The Morgan fingerprint density at radius 3 is 2.41 bits per heavy atom. The monoisotopic (exact) mass is 240 g/mol. The van der Waals surface area contributed by atoms with E-state index in [4.69, 9.17) is 0 Å². The lowest BCUT2D eigenvalue weighted by atomic mass is 10.1. The maximum atomic E-state index is 3.61. The third-order valence-electron chi connectivity index (χ3n) is 3.65. The van der Waals surface area contributed by atoms with Gasteiger partial charge in [0, 0.05) is 19.1 Å². The van der Waals surface area contributed by atoms with Crippen LogP contribution in [-0.4, -0.2) is 37.1 Å². The number of hydrogen-bond acceptors (Lipinski definition) is 2. The summed E-state index contributed by atoms with van der Waals surface area (Å²) in [6.07, 6.45) is 8.14. The fraction of sp³-hybridized carbons (Fsp3) is 1.00. The van der Waals surface area contributed by atoms with Crippen molar-refractivity contribution in [3.63, 3.8) is 0 Å². The Morgan fingerprint density at radius 1 is 1.12 bits per heavy atom. The molecule has 17 heavy (non-hydrogen) atoms. The van der Waals surface area contributed by atoms with E-state index in [-0.39, 0.29) is 0 Å². The Bertz CT molecular complexity index is 178. The molecule has 102 valence electrons. The molecule has 1 unspecified atom stereocenters. The van der Waals surface area contributed by atoms with Gasteiger partial charge in [-0.3, -0.25) is 4.90 Å². The van der Waals surface area contributed by atoms with Crippen LogP contribution in [0.1, 0.15) is 59.3 Å². The van der Waals surface area contributed by atoms with E-state index in [1.54, 1.807) is 0 Å². The minimum atomic E-state index is 0.770. The summed E-state index contributed by atoms with van der Waals surface area (Å²) in [6, 6.07) is 0.770. The van der Waals surface area contributed by atoms with Crippen molar-refractivity contribution in [1.82, 2.24) is 10.2 Å². The molecule has 0 aromatic carbocycles. The second-order valence-electron chi connectivity index (χ2n) is 5.58. The summed E-state index contributed by atoms with van der Waals surface area (Å²) in [4.78, 5) is 2.75. The number of rotatable bonds is 11. The van der Waals surface area contributed by atoms with Crippen molar-refractivity contribution in [2.75, 3.05) is 26.2 Å². The fourth-order valence-electron chi connectivity index (χ4n) is 2.53. The third kappa shape index (κ3) is 6.42. The van der Waals surface area contributed by atoms with Gasteiger partial charge in [0.05, 0.1) is 0 Å². The molecular formula is C15H32N2. The summed E-state index contributed by atoms with van der Waals surface area (Å²) >= 11 is 0. The quantitative estimate of drug-likeness (QED) is 0.558. The van der Waals surface area contributed by atoms with E-state index < -0.39 is 0 Å². The molecule has 1 N–H and O–H groups in total. The van der Waals surface area contributed by atoms with Crippen LogP contribution in [-0.2, 0) is 0 Å². The normalized spacial score (nSPS) is 17.6. The maximum absolute atomic E-state index is 3.61. The molecule has 1 atom stereocenters. The van der Waals surface area contributed by atoms with Gasteiger partial charge in [0.2, 0.25) is 0 Å². The van der Waals surface area contributed by atoms with E-state index in [0.29, 0.717) is 0 Å². The number of nitrogens with zero attached hydrogens (tertiary/aromatic N) is 1. The summed E-state index contributed by atoms with van der Waals surface area (Å²) in [5.74, 6) is 1.02. The zero-order chi connectivity index (χ0) is 12.5. The van der Waals surface area contributed by atoms with Crippen LogP contribution in [0.4, 0.5) is 0 Å². The second kappa shape index (κ2) is 8.93. The molecule has 1 fully saturated rings. The number of nitrogens with one attached hydrogen (secondary N) is 1. The predicted octanol–water partition coefficient (Wildman–Crippen LogP) is 3.28. The zero-order valence-electron chi connectivity index (χ0n) is 12.2. The van der Waals surface area contributed by atoms with Gasteiger partial charge in [0.25, 0.3) is 0 Å². The molecule has 1 aliphatic carbocycles. The van der Waals surface area contributed by atoms with Crippen LogP contribution in [0.5, 0.6) is 0 Å². The molecule has 1 rings (SSSR count). The van der Waals surface area contributed by atoms with Crippen molar-refractivity contribution in [3.05, 3.63) is 0 Å². The van der Waals surface area contributed by atoms with Gasteiger partial charge in [0.1, 0.15) is 0 Å². The van der Waals surface area contributed by atoms with Gasteiger partial charge in [-0.1, -0.05) is 27.2 Å². The molecule has 0 aromatic heterocycles. The molecule has 0 saturated heterocycles. The Balaban J connectivity index is 2.36. The zero-order valence-corrected chi connectivity index (χ0v) is 12.2. The summed E-state index contributed by atoms with van der Waals surface area (Å²) in [6.45, 7) is 11.9. The minimum Gasteiger partial charge on any atom is -0.315 e. The molecular weight excluding hydrogens is 208 g/mol. The highest BCUT2D eigenvalue weighted by Crippen LogP contribution is 2.30. The van der Waals surface area contributed by atoms with E-state index in [1.807, 2.05) is 0 Å². The highest BCUT2D eigenvalue weighted by molar-refractivity contribution is 4.82. The van der Waals surface area contributed by atoms with Gasteiger partial charge in [0.15, 0.2) is 0 Å². The van der Waals surface area contributed by atoms with E-state index in [1.165, 1.54) is 64.7 Å². The van der Waals surface area contributed by atoms with Crippen LogP contribution in [0, 0.1) is 5.92 Å². The molecule has 0 aromatic rings. The summed E-state index contributed by atoms with van der Waals surface area (Å²) in [7, 11) is 0. The molecule has 0 radical (unpaired) electrons. The van der Waals surface area contributed by atoms with E-state index in [0.717, 1.165) is 12.0 Å². The van der Waals surface area contributed by atoms with Gasteiger partial charge in [-0.15, -0.1) is 0 Å². The topological polar surface area (TPSA) is 15.3 Å². The lowest BCUT2D eigenvalue weighted by Gasteiger charge is -2.32. The third-order valence-corrected chi connectivity index (χ3v) is 3.65. The molecule has 2 heteroatoms. The first-order valence-electron chi connectivity index (χ1n) is 7.76. The first kappa shape index (κ1) is 15.0. The molecule has 0 aliphatic heterocycles. The van der Waals surface area contributed by atoms with Crippen molar-refractivity contribution < 1.29 is 0 Å². The molecule has 0 heterocycles. The molecule has 1 aliphatic rings. The average Bonchev–Trinajstić information content (AvgIpc) is 3.12. The standard InChI is InChI=1S/C15H32N2/c1-4-7-15(12-16-10-5-2)17(11-6-3)13-14-8-9-14/h14-16H,4-13H2,1-3H3. The van der Waals surface area contributed by atoms with Crippen LogP contribution < -0.4 is 5.32 Å². The maximum Gasteiger partial charge on any atom is 0.0220 e. The summed E-state index contributed by atoms with van der Waals surface area (Å²) in [5, 5.41) is 3.61. The van der Waals surface area contributed by atoms with Crippen LogP contribution in [0.2, 0.25) is 0 Å². The largest absolute Gasteiger partial charge is 0.315 e. The van der Waals surface area contributed by atoms with Crippen LogP contribution in [0.3, 0.4) is 0 Å². The number of hydrogen-bond donors (Lipinski definition) is 1. The smallest absolute Gasteiger partial charge is 0.0220 e. The van der Waals surface area contributed by atoms with Crippen LogP contribution in [0.25, 0.3) is 0 Å². The van der Waals surface area contributed by atoms with Crippen molar-refractivity contribution >= 4 is 0 Å². The van der Waals surface area contributed by atoms with Crippen molar-refractivity contribution in [3.8, 4) is 0 Å². The Labute approximate surface area is 108 Å². The molecule has 0 bridgehead atoms. The summed E-state index contributed by atoms with van der Waals surface area (Å²) < 4.78 is 0. The fourth-order valence-corrected chi connectivity index (χ4v) is 2.53. The predicted molar refractivity (Wildman–Crippen MR) is 76.4 cm³/mol. The molecule has 0 spiro atoms. The molecule has 1 saturated carbocycles. The van der Waals surface area contributed by atoms with Gasteiger partial charge in [-0.25, -0.2) is 0 Å². The van der Waals surface area contributed by atoms with Gasteiger partial charge < -0.3 is 5.32 Å². The Morgan fingerprint density at radius 2 is 1.88 bits per heavy atom. The highest BCUT2D eigenvalue weighted by atomic mass is 15.2. The van der Waals surface area contributed by atoms with E-state index >= 15 is 0 Å². The minimum absolute atomic E-state index is 0.770. The van der Waals surface area contributed by atoms with Gasteiger partial charge >= 0.3 is 0 Å². The van der Waals surface area contributed by atoms with E-state index in [2.05, 4.69) is 31.0 Å². The van der Waals surface area contributed by atoms with Gasteiger partial charge in [-0.2, -0.15) is 0 Å². The van der Waals surface area contributed by atoms with Crippen molar-refractivity contribution in [2.45, 2.75) is 65.3 Å². The average molecular weight is 240 g/mol. The molecule has 0 amide bonds. The first-order chi connectivity index (χ1) is 8.31. The Hall–Kier alpha value is -0.0800. The first-order valence-corrected chi connectivity index (χ1v) is 7.76. The van der Waals surface area contributed by atoms with Crippen molar-refractivity contribution in [2.24, 2.45) is 5.92 Å². The van der Waals surface area contributed by atoms with Crippen LogP contribution >= 0.6 is 0 Å². The highest BCUT2D eigenvalue weighted by Gasteiger charge is 2.27. The molecule has 2 nitrogen and oxygen atoms in total. The summed E-state index contributed by atoms with van der Waals surface area (Å²) in [5.41, 5.74) is 0. The van der Waals surface area contributed by atoms with Crippen LogP contribution in [0.15, 0.2) is 0 Å². The van der Waals surface area contributed by atoms with Crippen molar-refractivity contribution in [1.29, 1.82) is 0 Å². The Kier molecular flexibility index (Phi) is 7.87. The lowest BCUT2D eigenvalue weighted by Crippen LogP contribution is -2.44. The SMILES string of the molecule is CCCNCC(CCC)N(CCC)CC1CC1. The van der Waals surface area contributed by atoms with Gasteiger partial charge in [-0.05, 0) is 51.1 Å². The lowest BCUT2D eigenvalue weighted by molar-refractivity contribution is 0.174. The second-order valence-corrected chi connectivity index (χ2v) is 5.58.